The van der Waals surface area contributed by atoms with Gasteiger partial charge in [0.2, 0.25) is 24.1 Å². The molecule has 284 valence electrons. The zero-order chi connectivity index (χ0) is 37.4. The average molecular weight is 727 g/mol. The molecule has 0 amide bonds. The number of rotatable bonds is 15. The van der Waals surface area contributed by atoms with Crippen molar-refractivity contribution in [2.24, 2.45) is 0 Å². The van der Waals surface area contributed by atoms with Crippen LogP contribution in [0.15, 0.2) is 30.4 Å². The van der Waals surface area contributed by atoms with Crippen molar-refractivity contribution in [3.05, 3.63) is 47.0 Å². The summed E-state index contributed by atoms with van der Waals surface area (Å²) in [5.41, 5.74) is 1.69. The second kappa shape index (κ2) is 18.2. The maximum absolute atomic E-state index is 10.6. The first-order chi connectivity index (χ1) is 24.5. The van der Waals surface area contributed by atoms with E-state index in [0.717, 1.165) is 0 Å². The lowest BCUT2D eigenvalue weighted by molar-refractivity contribution is -0.277. The van der Waals surface area contributed by atoms with Crippen molar-refractivity contribution in [2.45, 2.75) is 67.8 Å². The molecule has 2 fully saturated rings. The summed E-state index contributed by atoms with van der Waals surface area (Å²) in [5, 5.41) is 90.6. The Morgan fingerprint density at radius 1 is 0.569 bits per heavy atom. The van der Waals surface area contributed by atoms with Crippen molar-refractivity contribution in [2.75, 3.05) is 48.3 Å². The number of benzene rings is 2. The van der Waals surface area contributed by atoms with Crippen molar-refractivity contribution in [3.8, 4) is 34.5 Å². The molecule has 0 saturated carbocycles. The van der Waals surface area contributed by atoms with Crippen LogP contribution in [0.3, 0.4) is 0 Å². The van der Waals surface area contributed by atoms with Gasteiger partial charge in [-0.15, -0.1) is 0 Å². The third-order valence-corrected chi connectivity index (χ3v) is 8.45. The normalized spacial score (nSPS) is 29.7. The Bertz CT molecular complexity index is 1470. The van der Waals surface area contributed by atoms with E-state index in [4.69, 9.17) is 37.9 Å². The number of methoxy groups -OCH3 is 4. The van der Waals surface area contributed by atoms with Gasteiger partial charge in [0.25, 0.3) is 0 Å². The highest BCUT2D eigenvalue weighted by Crippen LogP contribution is 2.45. The van der Waals surface area contributed by atoms with Crippen LogP contribution in [0.1, 0.15) is 16.7 Å². The van der Waals surface area contributed by atoms with Crippen molar-refractivity contribution >= 4 is 12.2 Å². The highest BCUT2D eigenvalue weighted by atomic mass is 16.7. The minimum Gasteiger partial charge on any atom is -0.493 e. The van der Waals surface area contributed by atoms with E-state index in [-0.39, 0.29) is 47.5 Å². The van der Waals surface area contributed by atoms with Crippen LogP contribution in [0.25, 0.3) is 12.2 Å². The molecule has 9 N–H and O–H groups in total. The minimum absolute atomic E-state index is 0.00749. The van der Waals surface area contributed by atoms with E-state index in [9.17, 15) is 46.0 Å². The minimum atomic E-state index is -1.70. The van der Waals surface area contributed by atoms with Gasteiger partial charge in [-0.2, -0.15) is 0 Å². The summed E-state index contributed by atoms with van der Waals surface area (Å²) in [6.07, 6.45) is -8.47. The molecule has 17 nitrogen and oxygen atoms in total. The Labute approximate surface area is 293 Å². The molecule has 0 unspecified atom stereocenters. The molecule has 10 atom stereocenters. The fraction of sp³-hybridized carbons (Fsp3) is 0.529. The van der Waals surface area contributed by atoms with Gasteiger partial charge in [0, 0.05) is 5.56 Å². The summed E-state index contributed by atoms with van der Waals surface area (Å²) in [6, 6.07) is 4.81. The third-order valence-electron chi connectivity index (χ3n) is 8.45. The molecular weight excluding hydrogens is 680 g/mol. The Hall–Kier alpha value is -3.72. The SMILES string of the molecule is COc1cc(C=CCc2c(C=CCO)cc(OC)c(O[C@@H]3O[C@H](CO)[C@@H](O)[C@H](O)[C@H]3O)c2OC)cc(OC)c1O[C@@H]1O[C@H](CO)[C@@H](O)[C@H](O)[C@H]1O. The zero-order valence-corrected chi connectivity index (χ0v) is 28.4. The number of hydrogen-bond donors (Lipinski definition) is 9. The first-order valence-electron chi connectivity index (χ1n) is 15.9. The standard InChI is InChI=1S/C34H46O17/c1-44-19-11-16(12-20(45-2)31(19)50-33-28(42)26(40)24(38)22(14-36)48-33)7-5-9-18-17(8-6-10-35)13-21(46-3)32(30(18)47-4)51-34-29(43)27(41)25(39)23(15-37)49-34/h5-8,11-13,22-29,33-43H,9-10,14-15H2,1-4H3/t22-,23-,24-,25-,26+,27+,28-,29-,33+,34+/m1/s1. The van der Waals surface area contributed by atoms with Crippen LogP contribution in [0.5, 0.6) is 34.5 Å². The van der Waals surface area contributed by atoms with Crippen LogP contribution in [0, 0.1) is 0 Å². The van der Waals surface area contributed by atoms with Crippen LogP contribution >= 0.6 is 0 Å². The molecule has 2 aromatic rings. The van der Waals surface area contributed by atoms with E-state index in [0.29, 0.717) is 16.7 Å². The van der Waals surface area contributed by atoms with Crippen molar-refractivity contribution < 1.29 is 83.9 Å². The third kappa shape index (κ3) is 8.67. The number of allylic oxidation sites excluding steroid dienone is 1. The fourth-order valence-electron chi connectivity index (χ4n) is 5.68. The monoisotopic (exact) mass is 726 g/mol. The molecule has 2 aromatic carbocycles. The number of hydrogen-bond acceptors (Lipinski definition) is 17. The summed E-state index contributed by atoms with van der Waals surface area (Å²) >= 11 is 0. The molecular formula is C34H46O17. The fourth-order valence-corrected chi connectivity index (χ4v) is 5.68. The largest absolute Gasteiger partial charge is 0.493 e. The van der Waals surface area contributed by atoms with Crippen LogP contribution in [0.4, 0.5) is 0 Å². The van der Waals surface area contributed by atoms with Gasteiger partial charge < -0.3 is 83.9 Å². The highest BCUT2D eigenvalue weighted by molar-refractivity contribution is 5.69. The maximum atomic E-state index is 10.6. The van der Waals surface area contributed by atoms with E-state index in [1.165, 1.54) is 34.5 Å². The van der Waals surface area contributed by atoms with Gasteiger partial charge in [-0.05, 0) is 35.7 Å². The summed E-state index contributed by atoms with van der Waals surface area (Å²) < 4.78 is 45.2. The van der Waals surface area contributed by atoms with Crippen molar-refractivity contribution in [1.29, 1.82) is 0 Å². The molecule has 0 aliphatic carbocycles. The predicted molar refractivity (Wildman–Crippen MR) is 177 cm³/mol. The van der Waals surface area contributed by atoms with Crippen LogP contribution in [-0.2, 0) is 15.9 Å². The first-order valence-corrected chi connectivity index (χ1v) is 15.9. The molecule has 0 bridgehead atoms. The molecule has 2 saturated heterocycles. The Kier molecular flexibility index (Phi) is 14.3. The van der Waals surface area contributed by atoms with Crippen LogP contribution in [0.2, 0.25) is 0 Å². The number of aliphatic hydroxyl groups excluding tert-OH is 9. The number of ether oxygens (including phenoxy) is 8. The van der Waals surface area contributed by atoms with Gasteiger partial charge in [0.15, 0.2) is 23.0 Å². The average Bonchev–Trinajstić information content (AvgIpc) is 3.14. The van der Waals surface area contributed by atoms with Crippen LogP contribution < -0.4 is 28.4 Å². The zero-order valence-electron chi connectivity index (χ0n) is 28.4. The van der Waals surface area contributed by atoms with E-state index in [2.05, 4.69) is 0 Å². The van der Waals surface area contributed by atoms with Crippen LogP contribution in [-0.4, -0.2) is 156 Å². The summed E-state index contributed by atoms with van der Waals surface area (Å²) in [7, 11) is 5.51. The molecule has 0 radical (unpaired) electrons. The molecule has 2 aliphatic rings. The van der Waals surface area contributed by atoms with Crippen molar-refractivity contribution in [3.63, 3.8) is 0 Å². The molecule has 2 heterocycles. The van der Waals surface area contributed by atoms with E-state index in [1.807, 2.05) is 0 Å². The lowest BCUT2D eigenvalue weighted by atomic mass is 9.98. The molecule has 51 heavy (non-hydrogen) atoms. The quantitative estimate of drug-likeness (QED) is 0.0995. The van der Waals surface area contributed by atoms with Gasteiger partial charge in [-0.25, -0.2) is 0 Å². The lowest BCUT2D eigenvalue weighted by Crippen LogP contribution is -2.60. The first kappa shape index (κ1) is 40.1. The van der Waals surface area contributed by atoms with Crippen molar-refractivity contribution in [1.82, 2.24) is 0 Å². The number of aliphatic hydroxyl groups is 9. The Morgan fingerprint density at radius 3 is 1.51 bits per heavy atom. The van der Waals surface area contributed by atoms with Gasteiger partial charge in [0.1, 0.15) is 48.8 Å². The Morgan fingerprint density at radius 2 is 1.06 bits per heavy atom. The maximum Gasteiger partial charge on any atom is 0.229 e. The van der Waals surface area contributed by atoms with E-state index in [1.54, 1.807) is 36.4 Å². The molecule has 0 spiro atoms. The summed E-state index contributed by atoms with van der Waals surface area (Å²) in [6.45, 7) is -1.56. The van der Waals surface area contributed by atoms with E-state index >= 15 is 0 Å². The highest BCUT2D eigenvalue weighted by Gasteiger charge is 2.46. The summed E-state index contributed by atoms with van der Waals surface area (Å²) in [4.78, 5) is 0. The van der Waals surface area contributed by atoms with E-state index < -0.39 is 74.6 Å². The van der Waals surface area contributed by atoms with Gasteiger partial charge in [0.05, 0.1) is 48.3 Å². The summed E-state index contributed by atoms with van der Waals surface area (Å²) in [5.74, 6) is 0.645. The molecule has 0 aromatic heterocycles. The lowest BCUT2D eigenvalue weighted by Gasteiger charge is -2.39. The predicted octanol–water partition coefficient (Wildman–Crippen LogP) is -1.66. The van der Waals surface area contributed by atoms with Gasteiger partial charge >= 0.3 is 0 Å². The smallest absolute Gasteiger partial charge is 0.229 e. The molecule has 2 aliphatic heterocycles. The Balaban J connectivity index is 1.67. The van der Waals surface area contributed by atoms with Gasteiger partial charge in [-0.3, -0.25) is 0 Å². The topological polar surface area (TPSA) is 256 Å². The molecule has 4 rings (SSSR count). The second-order valence-corrected chi connectivity index (χ2v) is 11.6. The second-order valence-electron chi connectivity index (χ2n) is 11.6. The van der Waals surface area contributed by atoms with Gasteiger partial charge in [-0.1, -0.05) is 24.3 Å². The molecule has 17 heteroatoms.